The molecule has 1 aliphatic heterocycles. The molecule has 3 rings (SSSR count). The number of nitrogens with one attached hydrogen (secondary N) is 1. The van der Waals surface area contributed by atoms with Crippen molar-refractivity contribution >= 4 is 38.5 Å². The molecule has 138 valence electrons. The zero-order valence-electron chi connectivity index (χ0n) is 14.3. The SMILES string of the molecule is O=C(NCc1ccc(S(=O)(=O)N2CCCCC2)cc1)c1ccccc1I. The van der Waals surface area contributed by atoms with Crippen molar-refractivity contribution in [3.63, 3.8) is 0 Å². The molecule has 1 saturated heterocycles. The monoisotopic (exact) mass is 484 g/mol. The minimum atomic E-state index is -3.41. The first-order valence-corrected chi connectivity index (χ1v) is 11.1. The van der Waals surface area contributed by atoms with Gasteiger partial charge in [0, 0.05) is 23.2 Å². The number of hydrogen-bond acceptors (Lipinski definition) is 3. The first-order chi connectivity index (χ1) is 12.5. The Morgan fingerprint density at radius 2 is 1.65 bits per heavy atom. The van der Waals surface area contributed by atoms with Gasteiger partial charge in [-0.3, -0.25) is 4.79 Å². The summed E-state index contributed by atoms with van der Waals surface area (Å²) in [5.41, 5.74) is 1.50. The molecule has 1 amide bonds. The van der Waals surface area contributed by atoms with E-state index in [1.807, 2.05) is 18.2 Å². The fraction of sp³-hybridized carbons (Fsp3) is 0.316. The average molecular weight is 484 g/mol. The highest BCUT2D eigenvalue weighted by molar-refractivity contribution is 14.1. The predicted molar refractivity (Wildman–Crippen MR) is 109 cm³/mol. The van der Waals surface area contributed by atoms with E-state index in [9.17, 15) is 13.2 Å². The number of halogens is 1. The third-order valence-corrected chi connectivity index (χ3v) is 7.30. The zero-order chi connectivity index (χ0) is 18.6. The Balaban J connectivity index is 1.64. The Morgan fingerprint density at radius 1 is 1.00 bits per heavy atom. The molecule has 0 atom stereocenters. The second-order valence-corrected chi connectivity index (χ2v) is 9.37. The number of piperidine rings is 1. The van der Waals surface area contributed by atoms with Crippen LogP contribution in [0, 0.1) is 3.57 Å². The number of benzene rings is 2. The van der Waals surface area contributed by atoms with E-state index in [0.717, 1.165) is 28.4 Å². The van der Waals surface area contributed by atoms with Gasteiger partial charge in [-0.2, -0.15) is 4.31 Å². The maximum Gasteiger partial charge on any atom is 0.252 e. The van der Waals surface area contributed by atoms with Crippen LogP contribution in [0.25, 0.3) is 0 Å². The molecule has 1 aliphatic rings. The first-order valence-electron chi connectivity index (χ1n) is 8.60. The van der Waals surface area contributed by atoms with Gasteiger partial charge in [-0.05, 0) is 65.3 Å². The van der Waals surface area contributed by atoms with Gasteiger partial charge in [-0.25, -0.2) is 8.42 Å². The second kappa shape index (κ2) is 8.49. The minimum absolute atomic E-state index is 0.139. The molecule has 26 heavy (non-hydrogen) atoms. The summed E-state index contributed by atoms with van der Waals surface area (Å²) in [5.74, 6) is -0.139. The van der Waals surface area contributed by atoms with Crippen molar-refractivity contribution in [1.82, 2.24) is 9.62 Å². The van der Waals surface area contributed by atoms with Crippen LogP contribution < -0.4 is 5.32 Å². The van der Waals surface area contributed by atoms with Crippen LogP contribution in [0.2, 0.25) is 0 Å². The first kappa shape index (κ1) is 19.3. The lowest BCUT2D eigenvalue weighted by atomic mass is 10.2. The lowest BCUT2D eigenvalue weighted by Crippen LogP contribution is -2.35. The Hall–Kier alpha value is -1.45. The normalized spacial score (nSPS) is 15.6. The van der Waals surface area contributed by atoms with Crippen molar-refractivity contribution in [3.05, 3.63) is 63.2 Å². The topological polar surface area (TPSA) is 66.5 Å². The van der Waals surface area contributed by atoms with E-state index in [0.29, 0.717) is 30.1 Å². The van der Waals surface area contributed by atoms with E-state index in [1.54, 1.807) is 34.6 Å². The van der Waals surface area contributed by atoms with Gasteiger partial charge in [0.25, 0.3) is 5.91 Å². The zero-order valence-corrected chi connectivity index (χ0v) is 17.3. The molecule has 1 N–H and O–H groups in total. The number of amides is 1. The molecule has 1 heterocycles. The van der Waals surface area contributed by atoms with E-state index in [4.69, 9.17) is 0 Å². The van der Waals surface area contributed by atoms with E-state index in [-0.39, 0.29) is 5.91 Å². The fourth-order valence-corrected chi connectivity index (χ4v) is 5.11. The quantitative estimate of drug-likeness (QED) is 0.662. The summed E-state index contributed by atoms with van der Waals surface area (Å²) in [6.07, 6.45) is 2.92. The molecule has 0 aromatic heterocycles. The van der Waals surface area contributed by atoms with Crippen LogP contribution in [0.4, 0.5) is 0 Å². The fourth-order valence-electron chi connectivity index (χ4n) is 2.96. The van der Waals surface area contributed by atoms with Gasteiger partial charge in [0.1, 0.15) is 0 Å². The molecular weight excluding hydrogens is 463 g/mol. The highest BCUT2D eigenvalue weighted by Gasteiger charge is 2.25. The van der Waals surface area contributed by atoms with Crippen LogP contribution in [0.1, 0.15) is 35.2 Å². The van der Waals surface area contributed by atoms with Gasteiger partial charge in [0.05, 0.1) is 10.5 Å². The van der Waals surface area contributed by atoms with Gasteiger partial charge in [-0.1, -0.05) is 30.7 Å². The van der Waals surface area contributed by atoms with Crippen molar-refractivity contribution in [2.24, 2.45) is 0 Å². The van der Waals surface area contributed by atoms with Crippen molar-refractivity contribution in [1.29, 1.82) is 0 Å². The molecule has 0 spiro atoms. The molecule has 0 unspecified atom stereocenters. The minimum Gasteiger partial charge on any atom is -0.348 e. The van der Waals surface area contributed by atoms with Gasteiger partial charge in [-0.15, -0.1) is 0 Å². The number of rotatable bonds is 5. The summed E-state index contributed by atoms with van der Waals surface area (Å²) < 4.78 is 27.7. The number of hydrogen-bond donors (Lipinski definition) is 1. The molecule has 0 radical (unpaired) electrons. The molecule has 0 bridgehead atoms. The van der Waals surface area contributed by atoms with Crippen LogP contribution in [0.3, 0.4) is 0 Å². The summed E-state index contributed by atoms with van der Waals surface area (Å²) in [6.45, 7) is 1.54. The van der Waals surface area contributed by atoms with Crippen molar-refractivity contribution in [2.75, 3.05) is 13.1 Å². The van der Waals surface area contributed by atoms with Crippen molar-refractivity contribution < 1.29 is 13.2 Å². The molecule has 7 heteroatoms. The van der Waals surface area contributed by atoms with Crippen LogP contribution in [-0.2, 0) is 16.6 Å². The molecule has 2 aromatic carbocycles. The number of carbonyl (C=O) groups is 1. The average Bonchev–Trinajstić information content (AvgIpc) is 2.67. The third-order valence-electron chi connectivity index (χ3n) is 4.45. The number of carbonyl (C=O) groups excluding carboxylic acids is 1. The summed E-state index contributed by atoms with van der Waals surface area (Å²) in [7, 11) is -3.41. The van der Waals surface area contributed by atoms with E-state index in [2.05, 4.69) is 27.9 Å². The largest absolute Gasteiger partial charge is 0.348 e. The molecule has 0 aliphatic carbocycles. The Morgan fingerprint density at radius 3 is 2.31 bits per heavy atom. The smallest absolute Gasteiger partial charge is 0.252 e. The van der Waals surface area contributed by atoms with Crippen molar-refractivity contribution in [3.8, 4) is 0 Å². The van der Waals surface area contributed by atoms with E-state index >= 15 is 0 Å². The third kappa shape index (κ3) is 4.44. The molecule has 2 aromatic rings. The van der Waals surface area contributed by atoms with Gasteiger partial charge >= 0.3 is 0 Å². The Kier molecular flexibility index (Phi) is 6.31. The maximum absolute atomic E-state index is 12.6. The van der Waals surface area contributed by atoms with Crippen LogP contribution in [0.5, 0.6) is 0 Å². The van der Waals surface area contributed by atoms with Gasteiger partial charge < -0.3 is 5.32 Å². The highest BCUT2D eigenvalue weighted by Crippen LogP contribution is 2.21. The predicted octanol–water partition coefficient (Wildman–Crippen LogP) is 3.40. The van der Waals surface area contributed by atoms with Crippen LogP contribution >= 0.6 is 22.6 Å². The van der Waals surface area contributed by atoms with Gasteiger partial charge in [0.15, 0.2) is 0 Å². The van der Waals surface area contributed by atoms with Crippen molar-refractivity contribution in [2.45, 2.75) is 30.7 Å². The highest BCUT2D eigenvalue weighted by atomic mass is 127. The summed E-state index contributed by atoms with van der Waals surface area (Å²) >= 11 is 2.13. The van der Waals surface area contributed by atoms with Crippen LogP contribution in [-0.4, -0.2) is 31.7 Å². The van der Waals surface area contributed by atoms with E-state index in [1.165, 1.54) is 0 Å². The lowest BCUT2D eigenvalue weighted by Gasteiger charge is -2.25. The van der Waals surface area contributed by atoms with E-state index < -0.39 is 10.0 Å². The molecule has 0 saturated carbocycles. The molecular formula is C19H21IN2O3S. The Bertz CT molecular complexity index is 876. The maximum atomic E-state index is 12.6. The molecule has 1 fully saturated rings. The number of sulfonamides is 1. The second-order valence-electron chi connectivity index (χ2n) is 6.27. The van der Waals surface area contributed by atoms with Gasteiger partial charge in [0.2, 0.25) is 10.0 Å². The summed E-state index contributed by atoms with van der Waals surface area (Å²) in [4.78, 5) is 12.6. The standard InChI is InChI=1S/C19H21IN2O3S/c20-18-7-3-2-6-17(18)19(23)21-14-15-8-10-16(11-9-15)26(24,25)22-12-4-1-5-13-22/h2-3,6-11H,1,4-5,12-14H2,(H,21,23). The lowest BCUT2D eigenvalue weighted by molar-refractivity contribution is 0.0950. The van der Waals surface area contributed by atoms with Crippen LogP contribution in [0.15, 0.2) is 53.4 Å². The molecule has 5 nitrogen and oxygen atoms in total. The number of nitrogens with zero attached hydrogens (tertiary/aromatic N) is 1. The summed E-state index contributed by atoms with van der Waals surface area (Å²) in [6, 6.07) is 14.1. The summed E-state index contributed by atoms with van der Waals surface area (Å²) in [5, 5.41) is 2.87. The Labute approximate surface area is 168 Å².